The number of hydrogen-bond acceptors (Lipinski definition) is 5. The highest BCUT2D eigenvalue weighted by atomic mass is 35.5. The van der Waals surface area contributed by atoms with Gasteiger partial charge < -0.3 is 9.90 Å². The SMILES string of the molecule is CC1=C(CC=O)C(c2ccc(Cl)c(Cl)c2)C2=C(C(O)CCS2)N1O. The minimum Gasteiger partial charge on any atom is -0.387 e. The Hall–Kier alpha value is -0.980. The zero-order valence-electron chi connectivity index (χ0n) is 13.0. The van der Waals surface area contributed by atoms with Gasteiger partial charge >= 0.3 is 0 Å². The zero-order valence-corrected chi connectivity index (χ0v) is 15.3. The predicted octanol–water partition coefficient (Wildman–Crippen LogP) is 4.35. The first-order valence-corrected chi connectivity index (χ1v) is 9.32. The average molecular weight is 386 g/mol. The lowest BCUT2D eigenvalue weighted by Crippen LogP contribution is -2.36. The number of carbonyl (C=O) groups is 1. The third kappa shape index (κ3) is 3.00. The van der Waals surface area contributed by atoms with Crippen LogP contribution in [0.1, 0.15) is 31.2 Å². The molecule has 0 amide bonds. The molecule has 2 N–H and O–H groups in total. The highest BCUT2D eigenvalue weighted by Gasteiger charge is 2.38. The second kappa shape index (κ2) is 7.10. The van der Waals surface area contributed by atoms with Crippen LogP contribution in [0.5, 0.6) is 0 Å². The minimum absolute atomic E-state index is 0.196. The Bertz CT molecular complexity index is 747. The first-order valence-electron chi connectivity index (χ1n) is 7.57. The molecular weight excluding hydrogens is 369 g/mol. The smallest absolute Gasteiger partial charge is 0.124 e. The molecule has 0 saturated carbocycles. The van der Waals surface area contributed by atoms with E-state index in [2.05, 4.69) is 0 Å². The van der Waals surface area contributed by atoms with Crippen LogP contribution in [-0.2, 0) is 4.79 Å². The Morgan fingerprint density at radius 3 is 2.79 bits per heavy atom. The van der Waals surface area contributed by atoms with Crippen LogP contribution in [0.25, 0.3) is 0 Å². The summed E-state index contributed by atoms with van der Waals surface area (Å²) in [5, 5.41) is 22.8. The Morgan fingerprint density at radius 2 is 2.12 bits per heavy atom. The number of halogens is 2. The molecule has 7 heteroatoms. The lowest BCUT2D eigenvalue weighted by molar-refractivity contribution is -0.107. The topological polar surface area (TPSA) is 60.8 Å². The monoisotopic (exact) mass is 385 g/mol. The number of rotatable bonds is 3. The molecule has 2 aliphatic rings. The van der Waals surface area contributed by atoms with Crippen LogP contribution in [0.3, 0.4) is 0 Å². The van der Waals surface area contributed by atoms with Crippen LogP contribution >= 0.6 is 35.0 Å². The number of aliphatic hydroxyl groups excluding tert-OH is 1. The number of aldehydes is 1. The molecule has 2 atom stereocenters. The summed E-state index contributed by atoms with van der Waals surface area (Å²) in [7, 11) is 0. The molecule has 0 aromatic heterocycles. The normalized spacial score (nSPS) is 24.3. The van der Waals surface area contributed by atoms with Gasteiger partial charge in [-0.05, 0) is 36.6 Å². The Balaban J connectivity index is 2.19. The second-order valence-corrected chi connectivity index (χ2v) is 7.75. The maximum Gasteiger partial charge on any atom is 0.124 e. The maximum atomic E-state index is 11.2. The lowest BCUT2D eigenvalue weighted by atomic mass is 9.83. The van der Waals surface area contributed by atoms with Crippen molar-refractivity contribution in [2.75, 3.05) is 5.75 Å². The summed E-state index contributed by atoms with van der Waals surface area (Å²) in [5.74, 6) is 0.530. The third-order valence-corrected chi connectivity index (χ3v) is 6.35. The van der Waals surface area contributed by atoms with E-state index in [1.807, 2.05) is 6.07 Å². The van der Waals surface area contributed by atoms with Crippen molar-refractivity contribution >= 4 is 41.2 Å². The van der Waals surface area contributed by atoms with Gasteiger partial charge in [0, 0.05) is 28.7 Å². The average Bonchev–Trinajstić information content (AvgIpc) is 2.55. The van der Waals surface area contributed by atoms with Gasteiger partial charge in [0.25, 0.3) is 0 Å². The summed E-state index contributed by atoms with van der Waals surface area (Å²) in [6.45, 7) is 1.75. The van der Waals surface area contributed by atoms with E-state index in [0.717, 1.165) is 33.1 Å². The molecule has 4 nitrogen and oxygen atoms in total. The predicted molar refractivity (Wildman–Crippen MR) is 96.3 cm³/mol. The number of allylic oxidation sites excluding steroid dienone is 3. The van der Waals surface area contributed by atoms with Gasteiger partial charge in [0.05, 0.1) is 21.8 Å². The van der Waals surface area contributed by atoms with E-state index in [4.69, 9.17) is 23.2 Å². The van der Waals surface area contributed by atoms with E-state index >= 15 is 0 Å². The van der Waals surface area contributed by atoms with Crippen molar-refractivity contribution < 1.29 is 15.1 Å². The molecule has 0 spiro atoms. The van der Waals surface area contributed by atoms with Gasteiger partial charge in [-0.2, -0.15) is 0 Å². The van der Waals surface area contributed by atoms with Gasteiger partial charge in [0.1, 0.15) is 6.29 Å². The number of hydrogen-bond donors (Lipinski definition) is 2. The Labute approximate surface area is 154 Å². The summed E-state index contributed by atoms with van der Waals surface area (Å²) in [6.07, 6.45) is 0.864. The van der Waals surface area contributed by atoms with Crippen molar-refractivity contribution in [1.29, 1.82) is 0 Å². The van der Waals surface area contributed by atoms with Gasteiger partial charge in [-0.15, -0.1) is 11.8 Å². The van der Waals surface area contributed by atoms with Gasteiger partial charge in [0.15, 0.2) is 0 Å². The fourth-order valence-corrected chi connectivity index (χ4v) is 4.90. The van der Waals surface area contributed by atoms with E-state index < -0.39 is 6.10 Å². The fourth-order valence-electron chi connectivity index (χ4n) is 3.22. The number of nitrogens with zero attached hydrogens (tertiary/aromatic N) is 1. The molecule has 0 saturated heterocycles. The minimum atomic E-state index is -0.732. The molecule has 1 aromatic carbocycles. The van der Waals surface area contributed by atoms with Crippen molar-refractivity contribution in [3.63, 3.8) is 0 Å². The molecule has 2 unspecified atom stereocenters. The van der Waals surface area contributed by atoms with E-state index in [-0.39, 0.29) is 12.3 Å². The van der Waals surface area contributed by atoms with Crippen LogP contribution in [0, 0.1) is 0 Å². The number of benzene rings is 1. The van der Waals surface area contributed by atoms with Gasteiger partial charge in [-0.3, -0.25) is 5.21 Å². The maximum absolute atomic E-state index is 11.2. The second-order valence-electron chi connectivity index (χ2n) is 5.80. The number of aliphatic hydroxyl groups is 1. The summed E-state index contributed by atoms with van der Waals surface area (Å²) >= 11 is 13.8. The van der Waals surface area contributed by atoms with Crippen molar-refractivity contribution in [1.82, 2.24) is 5.06 Å². The van der Waals surface area contributed by atoms with Gasteiger partial charge in [-0.1, -0.05) is 29.3 Å². The van der Waals surface area contributed by atoms with Gasteiger partial charge in [-0.25, -0.2) is 5.06 Å². The standard InChI is InChI=1S/C17H17Cl2NO3S/c1-9-11(4-6-21)15(10-2-3-12(18)13(19)8-10)17-16(20(9)23)14(22)5-7-24-17/h2-3,6,8,14-15,22-23H,4-5,7H2,1H3. The van der Waals surface area contributed by atoms with Crippen molar-refractivity contribution in [2.45, 2.75) is 31.8 Å². The summed E-state index contributed by atoms with van der Waals surface area (Å²) in [5.41, 5.74) is 2.75. The summed E-state index contributed by atoms with van der Waals surface area (Å²) in [6, 6.07) is 5.38. The first-order chi connectivity index (χ1) is 11.5. The molecule has 24 heavy (non-hydrogen) atoms. The van der Waals surface area contributed by atoms with E-state index in [0.29, 0.717) is 27.9 Å². The summed E-state index contributed by atoms with van der Waals surface area (Å²) in [4.78, 5) is 12.1. The number of thioether (sulfide) groups is 1. The van der Waals surface area contributed by atoms with Crippen LogP contribution in [0.15, 0.2) is 40.1 Å². The number of hydroxylamine groups is 2. The van der Waals surface area contributed by atoms with Crippen molar-refractivity contribution in [2.24, 2.45) is 0 Å². The van der Waals surface area contributed by atoms with E-state index in [9.17, 15) is 15.1 Å². The molecule has 0 aliphatic carbocycles. The zero-order chi connectivity index (χ0) is 17.4. The van der Waals surface area contributed by atoms with Gasteiger partial charge in [0.2, 0.25) is 0 Å². The molecule has 3 rings (SSSR count). The molecule has 0 radical (unpaired) electrons. The number of carbonyl (C=O) groups excluding carboxylic acids is 1. The van der Waals surface area contributed by atoms with E-state index in [1.54, 1.807) is 30.8 Å². The Kier molecular flexibility index (Phi) is 5.27. The third-order valence-electron chi connectivity index (χ3n) is 4.42. The van der Waals surface area contributed by atoms with Crippen LogP contribution in [0.2, 0.25) is 10.0 Å². The highest BCUT2D eigenvalue weighted by molar-refractivity contribution is 8.03. The molecule has 0 bridgehead atoms. The molecule has 2 heterocycles. The van der Waals surface area contributed by atoms with E-state index in [1.165, 1.54) is 0 Å². The quantitative estimate of drug-likeness (QED) is 0.757. The lowest BCUT2D eigenvalue weighted by Gasteiger charge is -2.40. The van der Waals surface area contributed by atoms with Crippen LogP contribution in [-0.4, -0.2) is 33.5 Å². The Morgan fingerprint density at radius 1 is 1.38 bits per heavy atom. The molecule has 2 aliphatic heterocycles. The largest absolute Gasteiger partial charge is 0.387 e. The van der Waals surface area contributed by atoms with Crippen LogP contribution in [0.4, 0.5) is 0 Å². The first kappa shape index (κ1) is 17.8. The molecule has 128 valence electrons. The van der Waals surface area contributed by atoms with Crippen LogP contribution < -0.4 is 0 Å². The van der Waals surface area contributed by atoms with Crippen molar-refractivity contribution in [3.8, 4) is 0 Å². The summed E-state index contributed by atoms with van der Waals surface area (Å²) < 4.78 is 0. The fraction of sp³-hybridized carbons (Fsp3) is 0.353. The molecule has 0 fully saturated rings. The highest BCUT2D eigenvalue weighted by Crippen LogP contribution is 2.50. The van der Waals surface area contributed by atoms with Crippen molar-refractivity contribution in [3.05, 3.63) is 55.7 Å². The molecular formula is C17H17Cl2NO3S. The molecule has 1 aromatic rings.